The largest absolute Gasteiger partial charge is 0.496 e. The van der Waals surface area contributed by atoms with Gasteiger partial charge < -0.3 is 19.1 Å². The Labute approximate surface area is 226 Å². The molecule has 0 amide bonds. The number of nitrogens with zero attached hydrogens (tertiary/aromatic N) is 1. The Kier molecular flexibility index (Phi) is 6.47. The lowest BCUT2D eigenvalue weighted by Gasteiger charge is -2.12. The van der Waals surface area contributed by atoms with E-state index in [2.05, 4.69) is 35.0 Å². The maximum Gasteiger partial charge on any atom is 0.336 e. The fraction of sp³-hybridized carbons (Fsp3) is 0.0882. The van der Waals surface area contributed by atoms with Gasteiger partial charge in [0.05, 0.1) is 19.2 Å². The topological polar surface area (TPSA) is 60.7 Å². The smallest absolute Gasteiger partial charge is 0.336 e. The highest BCUT2D eigenvalue weighted by atomic mass is 16.5. The van der Waals surface area contributed by atoms with Gasteiger partial charge in [0.2, 0.25) is 0 Å². The van der Waals surface area contributed by atoms with Gasteiger partial charge in [0.25, 0.3) is 0 Å². The summed E-state index contributed by atoms with van der Waals surface area (Å²) in [6.45, 7) is 1.08. The number of rotatable bonds is 8. The Morgan fingerprint density at radius 3 is 2.23 bits per heavy atom. The van der Waals surface area contributed by atoms with Gasteiger partial charge in [-0.2, -0.15) is 0 Å². The maximum absolute atomic E-state index is 12.1. The van der Waals surface area contributed by atoms with Gasteiger partial charge in [-0.3, -0.25) is 0 Å². The predicted molar refractivity (Wildman–Crippen MR) is 156 cm³/mol. The Morgan fingerprint density at radius 2 is 1.38 bits per heavy atom. The van der Waals surface area contributed by atoms with Crippen LogP contribution in [0.5, 0.6) is 11.5 Å². The second-order valence-corrected chi connectivity index (χ2v) is 9.31. The normalized spacial score (nSPS) is 11.1. The summed E-state index contributed by atoms with van der Waals surface area (Å²) < 4.78 is 14.2. The molecule has 6 aromatic rings. The van der Waals surface area contributed by atoms with Crippen molar-refractivity contribution in [3.63, 3.8) is 0 Å². The zero-order valence-corrected chi connectivity index (χ0v) is 21.5. The van der Waals surface area contributed by atoms with Crippen LogP contribution in [-0.4, -0.2) is 29.4 Å². The summed E-state index contributed by atoms with van der Waals surface area (Å²) in [7, 11) is 1.66. The van der Waals surface area contributed by atoms with E-state index in [1.807, 2.05) is 72.8 Å². The molecule has 5 heteroatoms. The van der Waals surface area contributed by atoms with Crippen LogP contribution in [0.15, 0.2) is 115 Å². The van der Waals surface area contributed by atoms with Crippen LogP contribution in [0.2, 0.25) is 0 Å². The SMILES string of the molecule is COc1ccccc1-c1cn(CCOc2cccc3ccccc23)c2cccc(-c3ccccc3C(=O)O)c12. The van der Waals surface area contributed by atoms with Crippen LogP contribution >= 0.6 is 0 Å². The molecule has 5 nitrogen and oxygen atoms in total. The first-order valence-corrected chi connectivity index (χ1v) is 12.8. The van der Waals surface area contributed by atoms with Gasteiger partial charge >= 0.3 is 5.97 Å². The third-order valence-electron chi connectivity index (χ3n) is 7.09. The first kappa shape index (κ1) is 24.3. The summed E-state index contributed by atoms with van der Waals surface area (Å²) in [4.78, 5) is 12.1. The first-order chi connectivity index (χ1) is 19.2. The van der Waals surface area contributed by atoms with Gasteiger partial charge in [0, 0.05) is 33.6 Å². The average molecular weight is 514 g/mol. The molecule has 0 saturated heterocycles. The highest BCUT2D eigenvalue weighted by Gasteiger charge is 2.20. The van der Waals surface area contributed by atoms with Gasteiger partial charge in [0.15, 0.2) is 0 Å². The molecule has 1 heterocycles. The van der Waals surface area contributed by atoms with Gasteiger partial charge in [0.1, 0.15) is 18.1 Å². The molecule has 0 unspecified atom stereocenters. The van der Waals surface area contributed by atoms with Crippen molar-refractivity contribution in [2.24, 2.45) is 0 Å². The van der Waals surface area contributed by atoms with Crippen molar-refractivity contribution in [1.29, 1.82) is 0 Å². The average Bonchev–Trinajstić information content (AvgIpc) is 3.36. The summed E-state index contributed by atoms with van der Waals surface area (Å²) >= 11 is 0. The fourth-order valence-corrected chi connectivity index (χ4v) is 5.31. The lowest BCUT2D eigenvalue weighted by atomic mass is 9.93. The molecule has 192 valence electrons. The quantitative estimate of drug-likeness (QED) is 0.225. The number of aromatic carboxylic acids is 1. The summed E-state index contributed by atoms with van der Waals surface area (Å²) in [5.74, 6) is 0.653. The van der Waals surface area contributed by atoms with Gasteiger partial charge in [-0.15, -0.1) is 0 Å². The molecule has 0 aliphatic rings. The van der Waals surface area contributed by atoms with Crippen molar-refractivity contribution >= 4 is 27.6 Å². The van der Waals surface area contributed by atoms with E-state index in [-0.39, 0.29) is 5.56 Å². The van der Waals surface area contributed by atoms with E-state index < -0.39 is 5.97 Å². The lowest BCUT2D eigenvalue weighted by molar-refractivity contribution is 0.0697. The molecule has 0 radical (unpaired) electrons. The number of hydrogen-bond donors (Lipinski definition) is 1. The van der Waals surface area contributed by atoms with E-state index in [9.17, 15) is 9.90 Å². The second kappa shape index (κ2) is 10.4. The van der Waals surface area contributed by atoms with Crippen molar-refractivity contribution in [3.05, 3.63) is 121 Å². The van der Waals surface area contributed by atoms with Crippen LogP contribution in [0.25, 0.3) is 43.9 Å². The summed E-state index contributed by atoms with van der Waals surface area (Å²) in [6.07, 6.45) is 2.11. The van der Waals surface area contributed by atoms with E-state index >= 15 is 0 Å². The van der Waals surface area contributed by atoms with Gasteiger partial charge in [-0.05, 0) is 40.8 Å². The van der Waals surface area contributed by atoms with Gasteiger partial charge in [-0.1, -0.05) is 84.9 Å². The number of fused-ring (bicyclic) bond motifs is 2. The van der Waals surface area contributed by atoms with E-state index in [0.717, 1.165) is 49.9 Å². The summed E-state index contributed by atoms with van der Waals surface area (Å²) in [6, 6.07) is 35.4. The van der Waals surface area contributed by atoms with Crippen LogP contribution < -0.4 is 9.47 Å². The molecule has 0 aliphatic carbocycles. The lowest BCUT2D eigenvalue weighted by Crippen LogP contribution is -2.07. The van der Waals surface area contributed by atoms with E-state index in [4.69, 9.17) is 9.47 Å². The van der Waals surface area contributed by atoms with Crippen molar-refractivity contribution in [2.45, 2.75) is 6.54 Å². The highest BCUT2D eigenvalue weighted by molar-refractivity contribution is 6.09. The Hall–Kier alpha value is -5.03. The standard InChI is InChI=1S/C34H27NO4/c1-38-31-18-7-6-14-26(31)29-22-35(20-21-39-32-19-8-11-23-10-2-3-12-24(23)32)30-17-9-16-27(33(29)30)25-13-4-5-15-28(25)34(36)37/h2-19,22H,20-21H2,1H3,(H,36,37). The zero-order chi connectivity index (χ0) is 26.8. The number of hydrogen-bond acceptors (Lipinski definition) is 3. The molecular formula is C34H27NO4. The predicted octanol–water partition coefficient (Wildman–Crippen LogP) is 7.91. The molecule has 6 rings (SSSR count). The van der Waals surface area contributed by atoms with Crippen molar-refractivity contribution in [1.82, 2.24) is 4.57 Å². The number of carboxylic acid groups (broad SMARTS) is 1. The summed E-state index contributed by atoms with van der Waals surface area (Å²) in [5.41, 5.74) is 4.72. The van der Waals surface area contributed by atoms with Gasteiger partial charge in [-0.25, -0.2) is 4.79 Å². The number of benzene rings is 5. The minimum Gasteiger partial charge on any atom is -0.496 e. The first-order valence-electron chi connectivity index (χ1n) is 12.8. The molecule has 5 aromatic carbocycles. The number of carboxylic acids is 1. The Balaban J connectivity index is 1.47. The zero-order valence-electron chi connectivity index (χ0n) is 21.5. The minimum atomic E-state index is -0.954. The van der Waals surface area contributed by atoms with E-state index in [1.54, 1.807) is 19.2 Å². The van der Waals surface area contributed by atoms with E-state index in [1.165, 1.54) is 0 Å². The minimum absolute atomic E-state index is 0.267. The van der Waals surface area contributed by atoms with Crippen molar-refractivity contribution in [2.75, 3.05) is 13.7 Å². The molecule has 0 spiro atoms. The van der Waals surface area contributed by atoms with Crippen LogP contribution in [0.1, 0.15) is 10.4 Å². The number of methoxy groups -OCH3 is 1. The van der Waals surface area contributed by atoms with Crippen LogP contribution in [-0.2, 0) is 6.54 Å². The molecule has 0 bridgehead atoms. The molecule has 39 heavy (non-hydrogen) atoms. The maximum atomic E-state index is 12.1. The number of para-hydroxylation sites is 1. The fourth-order valence-electron chi connectivity index (χ4n) is 5.31. The molecule has 1 N–H and O–H groups in total. The molecule has 1 aromatic heterocycles. The third kappa shape index (κ3) is 4.48. The second-order valence-electron chi connectivity index (χ2n) is 9.31. The van der Waals surface area contributed by atoms with Crippen molar-refractivity contribution < 1.29 is 19.4 Å². The number of carbonyl (C=O) groups is 1. The van der Waals surface area contributed by atoms with Crippen molar-refractivity contribution in [3.8, 4) is 33.8 Å². The molecule has 0 atom stereocenters. The molecule has 0 fully saturated rings. The van der Waals surface area contributed by atoms with Crippen LogP contribution in [0.3, 0.4) is 0 Å². The van der Waals surface area contributed by atoms with Crippen LogP contribution in [0.4, 0.5) is 0 Å². The van der Waals surface area contributed by atoms with E-state index in [0.29, 0.717) is 18.7 Å². The number of aromatic nitrogens is 1. The Morgan fingerprint density at radius 1 is 0.718 bits per heavy atom. The number of ether oxygens (including phenoxy) is 2. The highest BCUT2D eigenvalue weighted by Crippen LogP contribution is 2.42. The Bertz CT molecular complexity index is 1810. The third-order valence-corrected chi connectivity index (χ3v) is 7.09. The molecule has 0 saturated carbocycles. The molecule has 0 aliphatic heterocycles. The monoisotopic (exact) mass is 513 g/mol. The molecular weight excluding hydrogens is 486 g/mol. The van der Waals surface area contributed by atoms with Crippen LogP contribution in [0, 0.1) is 0 Å². The summed E-state index contributed by atoms with van der Waals surface area (Å²) in [5, 5.41) is 13.1.